The summed E-state index contributed by atoms with van der Waals surface area (Å²) in [7, 11) is 0. The van der Waals surface area contributed by atoms with Crippen LogP contribution in [-0.2, 0) is 13.0 Å². The van der Waals surface area contributed by atoms with Crippen molar-refractivity contribution in [3.63, 3.8) is 0 Å². The summed E-state index contributed by atoms with van der Waals surface area (Å²) in [5, 5.41) is 11.6. The Morgan fingerprint density at radius 1 is 1.03 bits per heavy atom. The van der Waals surface area contributed by atoms with Crippen molar-refractivity contribution in [2.75, 3.05) is 0 Å². The van der Waals surface area contributed by atoms with Crippen molar-refractivity contribution in [2.45, 2.75) is 22.8 Å². The molecule has 6 aromatic rings. The largest absolute Gasteiger partial charge is 0.489 e. The number of halogens is 1. The molecule has 0 amide bonds. The van der Waals surface area contributed by atoms with Crippen molar-refractivity contribution < 1.29 is 4.74 Å². The molecule has 0 saturated heterocycles. The molecule has 0 unspecified atom stereocenters. The third kappa shape index (κ3) is 3.91. The normalized spacial score (nSPS) is 12.1. The van der Waals surface area contributed by atoms with Crippen LogP contribution in [0.2, 0.25) is 0 Å². The van der Waals surface area contributed by atoms with Crippen LogP contribution in [0.15, 0.2) is 98.3 Å². The lowest BCUT2D eigenvalue weighted by molar-refractivity contribution is 0.307. The van der Waals surface area contributed by atoms with Crippen LogP contribution in [0, 0.1) is 0 Å². The van der Waals surface area contributed by atoms with E-state index in [1.807, 2.05) is 54.7 Å². The Balaban J connectivity index is 1.37. The van der Waals surface area contributed by atoms with Gasteiger partial charge in [0, 0.05) is 50.4 Å². The highest BCUT2D eigenvalue weighted by Gasteiger charge is 2.23. The molecular formula is C28H18BrN5O2S. The molecular weight excluding hydrogens is 550 g/mol. The summed E-state index contributed by atoms with van der Waals surface area (Å²) in [6.45, 7) is 0.312. The molecule has 1 aliphatic rings. The fourth-order valence-corrected chi connectivity index (χ4v) is 6.21. The summed E-state index contributed by atoms with van der Waals surface area (Å²) in [6.07, 6.45) is 6.00. The zero-order valence-electron chi connectivity index (χ0n) is 19.3. The molecule has 0 fully saturated rings. The van der Waals surface area contributed by atoms with Gasteiger partial charge in [0.2, 0.25) is 0 Å². The summed E-state index contributed by atoms with van der Waals surface area (Å²) in [4.78, 5) is 20.1. The van der Waals surface area contributed by atoms with Crippen molar-refractivity contribution in [1.82, 2.24) is 25.0 Å². The van der Waals surface area contributed by atoms with E-state index in [-0.39, 0.29) is 5.43 Å². The third-order valence-corrected chi connectivity index (χ3v) is 8.05. The number of nitrogens with zero attached hydrogens (tertiary/aromatic N) is 4. The monoisotopic (exact) mass is 567 g/mol. The number of pyridine rings is 2. The molecule has 1 aliphatic heterocycles. The number of benzene rings is 3. The maximum atomic E-state index is 13.8. The quantitative estimate of drug-likeness (QED) is 0.272. The maximum Gasteiger partial charge on any atom is 0.193 e. The number of H-pyrrole nitrogens is 1. The smallest absolute Gasteiger partial charge is 0.193 e. The van der Waals surface area contributed by atoms with Crippen molar-refractivity contribution in [3.8, 4) is 11.4 Å². The van der Waals surface area contributed by atoms with Gasteiger partial charge in [-0.15, -0.1) is 5.10 Å². The van der Waals surface area contributed by atoms with Gasteiger partial charge in [0.1, 0.15) is 17.9 Å². The molecule has 0 atom stereocenters. The molecule has 3 aromatic carbocycles. The van der Waals surface area contributed by atoms with E-state index in [4.69, 9.17) is 4.74 Å². The molecule has 180 valence electrons. The number of fused-ring (bicyclic) bond motifs is 3. The molecule has 7 nitrogen and oxygen atoms in total. The van der Waals surface area contributed by atoms with Crippen molar-refractivity contribution in [1.29, 1.82) is 0 Å². The highest BCUT2D eigenvalue weighted by Crippen LogP contribution is 2.44. The number of hydrogen-bond acceptors (Lipinski definition) is 6. The van der Waals surface area contributed by atoms with Crippen molar-refractivity contribution in [3.05, 3.63) is 111 Å². The first-order valence-corrected chi connectivity index (χ1v) is 13.3. The first kappa shape index (κ1) is 22.3. The van der Waals surface area contributed by atoms with Gasteiger partial charge in [-0.25, -0.2) is 0 Å². The maximum absolute atomic E-state index is 13.8. The van der Waals surface area contributed by atoms with Crippen LogP contribution in [0.5, 0.6) is 5.75 Å². The second kappa shape index (κ2) is 8.86. The SMILES string of the molecule is O=c1c(Cc2cccnc2)cn2c3c(cc(OCc4cccc5[nH]nnc45)cc13)Sc1ccc(Br)cc1-2. The topological polar surface area (TPSA) is 85.7 Å². The summed E-state index contributed by atoms with van der Waals surface area (Å²) < 4.78 is 9.36. The predicted octanol–water partition coefficient (Wildman–Crippen LogP) is 6.05. The van der Waals surface area contributed by atoms with Crippen molar-refractivity contribution in [2.24, 2.45) is 0 Å². The molecule has 7 rings (SSSR count). The predicted molar refractivity (Wildman–Crippen MR) is 147 cm³/mol. The number of nitrogens with one attached hydrogen (secondary N) is 1. The van der Waals surface area contributed by atoms with Crippen LogP contribution in [0.1, 0.15) is 16.7 Å². The number of rotatable bonds is 5. The van der Waals surface area contributed by atoms with Crippen LogP contribution in [0.3, 0.4) is 0 Å². The Kier molecular flexibility index (Phi) is 5.33. The summed E-state index contributed by atoms with van der Waals surface area (Å²) in [6, 6.07) is 19.8. The molecule has 9 heteroatoms. The lowest BCUT2D eigenvalue weighted by atomic mass is 10.0. The van der Waals surface area contributed by atoms with Gasteiger partial charge >= 0.3 is 0 Å². The standard InChI is InChI=1S/C28H18BrN5O2S/c29-19-6-7-24-23(10-19)34-14-18(9-16-3-2-8-30-13-16)28(35)21-11-20(12-25(37-24)27(21)34)36-15-17-4-1-5-22-26(17)32-33-31-22/h1-8,10-14H,9,15H2,(H,31,32,33). The molecule has 0 spiro atoms. The van der Waals surface area contributed by atoms with E-state index in [1.165, 1.54) is 0 Å². The second-order valence-electron chi connectivity index (χ2n) is 8.84. The fraction of sp³-hybridized carbons (Fsp3) is 0.0714. The number of ether oxygens (including phenoxy) is 1. The van der Waals surface area contributed by atoms with Gasteiger partial charge in [0.05, 0.1) is 22.1 Å². The Morgan fingerprint density at radius 3 is 2.86 bits per heavy atom. The van der Waals surface area contributed by atoms with Crippen LogP contribution < -0.4 is 10.2 Å². The minimum atomic E-state index is -0.000507. The Hall–Kier alpha value is -3.95. The van der Waals surface area contributed by atoms with Crippen LogP contribution in [0.25, 0.3) is 27.6 Å². The Bertz CT molecular complexity index is 1880. The molecule has 4 heterocycles. The molecule has 0 saturated carbocycles. The second-order valence-corrected chi connectivity index (χ2v) is 10.8. The zero-order valence-corrected chi connectivity index (χ0v) is 21.7. The number of aromatic nitrogens is 5. The van der Waals surface area contributed by atoms with E-state index in [0.29, 0.717) is 29.7 Å². The van der Waals surface area contributed by atoms with E-state index >= 15 is 0 Å². The fourth-order valence-electron chi connectivity index (χ4n) is 4.75. The van der Waals surface area contributed by atoms with Gasteiger partial charge in [0.25, 0.3) is 0 Å². The molecule has 37 heavy (non-hydrogen) atoms. The molecule has 1 N–H and O–H groups in total. The van der Waals surface area contributed by atoms with Crippen LogP contribution in [0.4, 0.5) is 0 Å². The van der Waals surface area contributed by atoms with Gasteiger partial charge in [0.15, 0.2) is 5.43 Å². The summed E-state index contributed by atoms with van der Waals surface area (Å²) in [5.41, 5.74) is 6.17. The van der Waals surface area contributed by atoms with Crippen LogP contribution in [-0.4, -0.2) is 25.0 Å². The summed E-state index contributed by atoms with van der Waals surface area (Å²) >= 11 is 5.25. The van der Waals surface area contributed by atoms with Crippen LogP contribution >= 0.6 is 27.7 Å². The van der Waals surface area contributed by atoms with Crippen molar-refractivity contribution >= 4 is 49.6 Å². The van der Waals surface area contributed by atoms with Gasteiger partial charge in [-0.1, -0.05) is 51.1 Å². The van der Waals surface area contributed by atoms with E-state index in [2.05, 4.69) is 53.0 Å². The highest BCUT2D eigenvalue weighted by atomic mass is 79.9. The zero-order chi connectivity index (χ0) is 24.9. The van der Waals surface area contributed by atoms with Gasteiger partial charge < -0.3 is 9.30 Å². The lowest BCUT2D eigenvalue weighted by Crippen LogP contribution is -2.17. The van der Waals surface area contributed by atoms with Gasteiger partial charge in [-0.2, -0.15) is 0 Å². The lowest BCUT2D eigenvalue weighted by Gasteiger charge is -2.24. The minimum Gasteiger partial charge on any atom is -0.489 e. The Labute approximate surface area is 223 Å². The Morgan fingerprint density at radius 2 is 1.97 bits per heavy atom. The molecule has 0 aliphatic carbocycles. The summed E-state index contributed by atoms with van der Waals surface area (Å²) in [5.74, 6) is 0.637. The molecule has 0 bridgehead atoms. The first-order valence-electron chi connectivity index (χ1n) is 11.6. The first-order chi connectivity index (χ1) is 18.1. The molecule has 0 radical (unpaired) electrons. The highest BCUT2D eigenvalue weighted by molar-refractivity contribution is 9.10. The molecule has 3 aromatic heterocycles. The van der Waals surface area contributed by atoms with Gasteiger partial charge in [-0.3, -0.25) is 14.9 Å². The minimum absolute atomic E-state index is 0.000507. The number of hydrogen-bond donors (Lipinski definition) is 1. The van der Waals surface area contributed by atoms with E-state index < -0.39 is 0 Å². The average Bonchev–Trinajstić information content (AvgIpc) is 3.40. The van der Waals surface area contributed by atoms with E-state index in [0.717, 1.165) is 47.6 Å². The van der Waals surface area contributed by atoms with E-state index in [9.17, 15) is 4.79 Å². The number of aromatic amines is 1. The third-order valence-electron chi connectivity index (χ3n) is 6.46. The van der Waals surface area contributed by atoms with Gasteiger partial charge in [-0.05, 0) is 48.0 Å². The average molecular weight is 568 g/mol. The van der Waals surface area contributed by atoms with E-state index in [1.54, 1.807) is 24.2 Å².